The van der Waals surface area contributed by atoms with Gasteiger partial charge in [0.15, 0.2) is 0 Å². The van der Waals surface area contributed by atoms with Gasteiger partial charge in [0.2, 0.25) is 0 Å². The first-order chi connectivity index (χ1) is 9.83. The van der Waals surface area contributed by atoms with Crippen molar-refractivity contribution in [3.05, 3.63) is 77.4 Å². The molecule has 101 valence electrons. The highest BCUT2D eigenvalue weighted by Crippen LogP contribution is 2.31. The minimum atomic E-state index is -0.280. The molecular formula is C19H21Si. The minimum absolute atomic E-state index is 0.280. The van der Waals surface area contributed by atoms with Crippen molar-refractivity contribution in [1.29, 1.82) is 0 Å². The largest absolute Gasteiger partial charge is 0.0766 e. The molecule has 2 aromatic carbocycles. The van der Waals surface area contributed by atoms with Gasteiger partial charge in [0, 0.05) is 8.80 Å². The number of allylic oxidation sites excluding steroid dienone is 2. The van der Waals surface area contributed by atoms with Crippen molar-refractivity contribution in [2.75, 3.05) is 0 Å². The van der Waals surface area contributed by atoms with Gasteiger partial charge in [0.05, 0.1) is 0 Å². The summed E-state index contributed by atoms with van der Waals surface area (Å²) < 4.78 is 0. The molecule has 0 atom stereocenters. The van der Waals surface area contributed by atoms with Gasteiger partial charge in [-0.15, -0.1) is 0 Å². The first-order valence-electron chi connectivity index (χ1n) is 7.45. The molecule has 1 heteroatoms. The Hall–Kier alpha value is -1.60. The summed E-state index contributed by atoms with van der Waals surface area (Å²) in [6.07, 6.45) is 4.82. The Balaban J connectivity index is 1.56. The minimum Gasteiger partial charge on any atom is -0.0766 e. The number of fused-ring (bicyclic) bond motifs is 1. The third-order valence-corrected chi connectivity index (χ3v) is 6.20. The van der Waals surface area contributed by atoms with E-state index in [4.69, 9.17) is 0 Å². The van der Waals surface area contributed by atoms with Crippen molar-refractivity contribution in [3.8, 4) is 0 Å². The van der Waals surface area contributed by atoms with Crippen molar-refractivity contribution in [3.63, 3.8) is 0 Å². The Bertz CT molecular complexity index is 598. The highest BCUT2D eigenvalue weighted by molar-refractivity contribution is 6.59. The van der Waals surface area contributed by atoms with E-state index in [2.05, 4.69) is 67.2 Å². The average Bonchev–Trinajstić information content (AvgIpc) is 2.90. The number of hydrogen-bond acceptors (Lipinski definition) is 0. The lowest BCUT2D eigenvalue weighted by molar-refractivity contribution is 1.11. The molecule has 0 heterocycles. The Labute approximate surface area is 123 Å². The lowest BCUT2D eigenvalue weighted by atomic mass is 10.1. The summed E-state index contributed by atoms with van der Waals surface area (Å²) in [5, 5.41) is 0. The lowest BCUT2D eigenvalue weighted by Gasteiger charge is -2.12. The van der Waals surface area contributed by atoms with Crippen LogP contribution in [0.1, 0.15) is 16.7 Å². The summed E-state index contributed by atoms with van der Waals surface area (Å²) in [5.74, 6) is 0. The second kappa shape index (κ2) is 6.23. The van der Waals surface area contributed by atoms with Crippen LogP contribution < -0.4 is 0 Å². The molecule has 1 aliphatic rings. The first kappa shape index (κ1) is 13.4. The molecule has 0 spiro atoms. The fraction of sp³-hybridized carbons (Fsp3) is 0.263. The van der Waals surface area contributed by atoms with Crippen molar-refractivity contribution in [1.82, 2.24) is 0 Å². The molecule has 0 fully saturated rings. The SMILES string of the molecule is C[Si](CCc1ccccc1)CC1=CCc2ccccc21. The van der Waals surface area contributed by atoms with E-state index in [-0.39, 0.29) is 8.80 Å². The second-order valence-electron chi connectivity index (χ2n) is 5.71. The van der Waals surface area contributed by atoms with Gasteiger partial charge in [0.1, 0.15) is 0 Å². The van der Waals surface area contributed by atoms with Crippen LogP contribution in [-0.4, -0.2) is 8.80 Å². The van der Waals surface area contributed by atoms with Crippen LogP contribution in [0.4, 0.5) is 0 Å². The van der Waals surface area contributed by atoms with Crippen molar-refractivity contribution in [2.24, 2.45) is 0 Å². The predicted octanol–water partition coefficient (Wildman–Crippen LogP) is 4.99. The van der Waals surface area contributed by atoms with Crippen molar-refractivity contribution < 1.29 is 0 Å². The van der Waals surface area contributed by atoms with E-state index in [0.717, 1.165) is 6.42 Å². The zero-order valence-corrected chi connectivity index (χ0v) is 13.1. The fourth-order valence-corrected chi connectivity index (χ4v) is 4.82. The summed E-state index contributed by atoms with van der Waals surface area (Å²) >= 11 is 0. The Morgan fingerprint density at radius 1 is 0.950 bits per heavy atom. The molecule has 20 heavy (non-hydrogen) atoms. The molecule has 0 bridgehead atoms. The summed E-state index contributed by atoms with van der Waals surface area (Å²) in [6, 6.07) is 22.5. The Morgan fingerprint density at radius 3 is 2.55 bits per heavy atom. The summed E-state index contributed by atoms with van der Waals surface area (Å²) in [5.41, 5.74) is 6.11. The van der Waals surface area contributed by atoms with Crippen LogP contribution in [0.5, 0.6) is 0 Å². The average molecular weight is 277 g/mol. The molecule has 0 aliphatic heterocycles. The smallest absolute Gasteiger partial charge is 0.0496 e. The van der Waals surface area contributed by atoms with Gasteiger partial charge in [-0.2, -0.15) is 0 Å². The maximum Gasteiger partial charge on any atom is 0.0496 e. The summed E-state index contributed by atoms with van der Waals surface area (Å²) in [6.45, 7) is 2.48. The van der Waals surface area contributed by atoms with Crippen LogP contribution in [0.25, 0.3) is 5.57 Å². The quantitative estimate of drug-likeness (QED) is 0.675. The van der Waals surface area contributed by atoms with Crippen LogP contribution in [0, 0.1) is 0 Å². The third-order valence-electron chi connectivity index (χ3n) is 4.11. The van der Waals surface area contributed by atoms with Crippen molar-refractivity contribution >= 4 is 14.4 Å². The van der Waals surface area contributed by atoms with Crippen molar-refractivity contribution in [2.45, 2.75) is 31.5 Å². The maximum absolute atomic E-state index is 2.48. The molecular weight excluding hydrogens is 256 g/mol. The molecule has 0 saturated heterocycles. The molecule has 0 saturated carbocycles. The van der Waals surface area contributed by atoms with Gasteiger partial charge in [-0.1, -0.05) is 73.3 Å². The highest BCUT2D eigenvalue weighted by Gasteiger charge is 2.16. The van der Waals surface area contributed by atoms with Crippen LogP contribution in [-0.2, 0) is 12.8 Å². The van der Waals surface area contributed by atoms with E-state index >= 15 is 0 Å². The third kappa shape index (κ3) is 3.10. The predicted molar refractivity (Wildman–Crippen MR) is 89.5 cm³/mol. The van der Waals surface area contributed by atoms with Gasteiger partial charge in [0.25, 0.3) is 0 Å². The molecule has 0 amide bonds. The van der Waals surface area contributed by atoms with Gasteiger partial charge in [-0.05, 0) is 41.1 Å². The molecule has 1 radical (unpaired) electrons. The molecule has 0 aromatic heterocycles. The standard InChI is InChI=1S/C19H21Si/c1-20(14-13-16-7-3-2-4-8-16)15-18-12-11-17-9-5-6-10-19(17)18/h2-10,12H,11,13-15H2,1H3. The first-order valence-corrected chi connectivity index (χ1v) is 9.87. The highest BCUT2D eigenvalue weighted by atomic mass is 28.3. The van der Waals surface area contributed by atoms with E-state index in [1.807, 2.05) is 0 Å². The van der Waals surface area contributed by atoms with E-state index in [1.165, 1.54) is 35.2 Å². The maximum atomic E-state index is 2.48. The van der Waals surface area contributed by atoms with Gasteiger partial charge in [-0.3, -0.25) is 0 Å². The van der Waals surface area contributed by atoms with E-state index in [9.17, 15) is 0 Å². The zero-order chi connectivity index (χ0) is 13.8. The van der Waals surface area contributed by atoms with E-state index in [1.54, 1.807) is 5.57 Å². The number of aryl methyl sites for hydroxylation is 1. The summed E-state index contributed by atoms with van der Waals surface area (Å²) in [7, 11) is -0.280. The molecule has 0 unspecified atom stereocenters. The molecule has 1 aliphatic carbocycles. The number of benzene rings is 2. The van der Waals surface area contributed by atoms with E-state index in [0.29, 0.717) is 0 Å². The topological polar surface area (TPSA) is 0 Å². The molecule has 3 rings (SSSR count). The van der Waals surface area contributed by atoms with Crippen LogP contribution in [0.3, 0.4) is 0 Å². The summed E-state index contributed by atoms with van der Waals surface area (Å²) in [4.78, 5) is 0. The lowest BCUT2D eigenvalue weighted by Crippen LogP contribution is -2.08. The Kier molecular flexibility index (Phi) is 4.17. The Morgan fingerprint density at radius 2 is 1.70 bits per heavy atom. The number of rotatable bonds is 5. The van der Waals surface area contributed by atoms with E-state index < -0.39 is 0 Å². The van der Waals surface area contributed by atoms with Crippen LogP contribution in [0.2, 0.25) is 18.6 Å². The van der Waals surface area contributed by atoms with Gasteiger partial charge in [-0.25, -0.2) is 0 Å². The number of hydrogen-bond donors (Lipinski definition) is 0. The normalized spacial score (nSPS) is 13.4. The zero-order valence-electron chi connectivity index (χ0n) is 12.1. The monoisotopic (exact) mass is 277 g/mol. The molecule has 2 aromatic rings. The molecule has 0 nitrogen and oxygen atoms in total. The fourth-order valence-electron chi connectivity index (χ4n) is 2.94. The van der Waals surface area contributed by atoms with Crippen LogP contribution >= 0.6 is 0 Å². The van der Waals surface area contributed by atoms with Crippen LogP contribution in [0.15, 0.2) is 60.7 Å². The molecule has 0 N–H and O–H groups in total. The second-order valence-corrected chi connectivity index (χ2v) is 8.48. The van der Waals surface area contributed by atoms with Gasteiger partial charge < -0.3 is 0 Å². The van der Waals surface area contributed by atoms with Gasteiger partial charge >= 0.3 is 0 Å².